The maximum Gasteiger partial charge on any atom is 0.293 e. The number of imide groups is 1. The molecule has 24 heavy (non-hydrogen) atoms. The third-order valence-corrected chi connectivity index (χ3v) is 5.45. The molecule has 1 atom stereocenters. The molecule has 2 aliphatic heterocycles. The summed E-state index contributed by atoms with van der Waals surface area (Å²) in [4.78, 5) is 39.3. The maximum atomic E-state index is 12.5. The molecule has 0 radical (unpaired) electrons. The number of nitrogens with zero attached hydrogens (tertiary/aromatic N) is 1. The monoisotopic (exact) mass is 348 g/mol. The van der Waals surface area contributed by atoms with Crippen molar-refractivity contribution in [3.05, 3.63) is 30.3 Å². The molecule has 1 aromatic rings. The molecular formula is C17H22N3O3S+. The van der Waals surface area contributed by atoms with Gasteiger partial charge < -0.3 is 10.2 Å². The van der Waals surface area contributed by atoms with Crippen LogP contribution in [0.4, 0.5) is 10.5 Å². The molecular weight excluding hydrogens is 326 g/mol. The van der Waals surface area contributed by atoms with E-state index in [4.69, 9.17) is 0 Å². The van der Waals surface area contributed by atoms with Gasteiger partial charge in [0.1, 0.15) is 5.25 Å². The van der Waals surface area contributed by atoms with E-state index in [1.54, 1.807) is 12.1 Å². The van der Waals surface area contributed by atoms with E-state index < -0.39 is 5.25 Å². The second-order valence-electron chi connectivity index (χ2n) is 6.23. The SMILES string of the molecule is O=C(C[C@@H]1SC(=O)N(C[NH+]2CCCCC2)C1=O)Nc1ccccc1. The topological polar surface area (TPSA) is 70.9 Å². The molecule has 0 aromatic heterocycles. The summed E-state index contributed by atoms with van der Waals surface area (Å²) in [5.74, 6) is -0.474. The van der Waals surface area contributed by atoms with Gasteiger partial charge in [-0.05, 0) is 31.4 Å². The van der Waals surface area contributed by atoms with Gasteiger partial charge in [0.15, 0.2) is 6.67 Å². The fraction of sp³-hybridized carbons (Fsp3) is 0.471. The number of amides is 3. The Hall–Kier alpha value is -1.86. The number of nitrogens with one attached hydrogen (secondary N) is 2. The molecule has 7 heteroatoms. The number of anilines is 1. The maximum absolute atomic E-state index is 12.5. The average molecular weight is 348 g/mol. The number of para-hydroxylation sites is 1. The number of thioether (sulfide) groups is 1. The van der Waals surface area contributed by atoms with Crippen molar-refractivity contribution in [2.45, 2.75) is 30.9 Å². The Kier molecular flexibility index (Phi) is 5.52. The highest BCUT2D eigenvalue weighted by Crippen LogP contribution is 2.28. The molecule has 6 nitrogen and oxygen atoms in total. The zero-order chi connectivity index (χ0) is 16.9. The standard InChI is InChI=1S/C17H21N3O3S/c21-15(18-13-7-3-1-4-8-13)11-14-16(22)20(17(23)24-14)12-19-9-5-2-6-10-19/h1,3-4,7-8,14H,2,5-6,9-12H2,(H,18,21)/p+1/t14-/m0/s1. The number of carbonyl (C=O) groups excluding carboxylic acids is 3. The van der Waals surface area contributed by atoms with E-state index in [1.807, 2.05) is 18.2 Å². The zero-order valence-electron chi connectivity index (χ0n) is 13.5. The van der Waals surface area contributed by atoms with Crippen molar-refractivity contribution in [2.24, 2.45) is 0 Å². The Balaban J connectivity index is 1.54. The minimum atomic E-state index is -0.606. The van der Waals surface area contributed by atoms with Gasteiger partial charge in [0.25, 0.3) is 5.24 Å². The van der Waals surface area contributed by atoms with Crippen molar-refractivity contribution in [3.8, 4) is 0 Å². The van der Waals surface area contributed by atoms with Crippen molar-refractivity contribution in [3.63, 3.8) is 0 Å². The third kappa shape index (κ3) is 4.15. The van der Waals surface area contributed by atoms with Crippen molar-refractivity contribution < 1.29 is 19.3 Å². The Bertz CT molecular complexity index is 617. The highest BCUT2D eigenvalue weighted by molar-refractivity contribution is 8.15. The number of benzene rings is 1. The fourth-order valence-electron chi connectivity index (χ4n) is 3.11. The smallest absolute Gasteiger partial charge is 0.293 e. The van der Waals surface area contributed by atoms with E-state index in [2.05, 4.69) is 5.32 Å². The van der Waals surface area contributed by atoms with Crippen LogP contribution in [0.1, 0.15) is 25.7 Å². The number of carbonyl (C=O) groups is 3. The summed E-state index contributed by atoms with van der Waals surface area (Å²) in [5, 5.41) is 1.93. The van der Waals surface area contributed by atoms with Crippen LogP contribution in [0.25, 0.3) is 0 Å². The van der Waals surface area contributed by atoms with E-state index >= 15 is 0 Å². The van der Waals surface area contributed by atoms with Crippen LogP contribution in [0.5, 0.6) is 0 Å². The fourth-order valence-corrected chi connectivity index (χ4v) is 4.09. The Morgan fingerprint density at radius 3 is 2.58 bits per heavy atom. The van der Waals surface area contributed by atoms with E-state index in [0.29, 0.717) is 12.4 Å². The molecule has 0 spiro atoms. The summed E-state index contributed by atoms with van der Waals surface area (Å²) >= 11 is 0.973. The molecule has 0 bridgehead atoms. The van der Waals surface area contributed by atoms with Crippen molar-refractivity contribution >= 4 is 34.5 Å². The molecule has 2 aliphatic rings. The third-order valence-electron chi connectivity index (χ3n) is 4.38. The molecule has 1 aromatic carbocycles. The van der Waals surface area contributed by atoms with E-state index in [9.17, 15) is 14.4 Å². The number of piperidine rings is 1. The molecule has 128 valence electrons. The van der Waals surface area contributed by atoms with Gasteiger partial charge in [0.2, 0.25) is 11.8 Å². The predicted octanol–water partition coefficient (Wildman–Crippen LogP) is 1.11. The summed E-state index contributed by atoms with van der Waals surface area (Å²) < 4.78 is 0. The van der Waals surface area contributed by atoms with Gasteiger partial charge in [0.05, 0.1) is 13.1 Å². The first-order valence-electron chi connectivity index (χ1n) is 8.34. The molecule has 2 saturated heterocycles. The lowest BCUT2D eigenvalue weighted by atomic mass is 10.1. The number of hydrogen-bond acceptors (Lipinski definition) is 4. The zero-order valence-corrected chi connectivity index (χ0v) is 14.3. The Morgan fingerprint density at radius 1 is 1.17 bits per heavy atom. The summed E-state index contributed by atoms with van der Waals surface area (Å²) in [6.45, 7) is 2.43. The van der Waals surface area contributed by atoms with Crippen molar-refractivity contribution in [2.75, 3.05) is 25.1 Å². The van der Waals surface area contributed by atoms with Gasteiger partial charge in [0, 0.05) is 12.1 Å². The number of likely N-dealkylation sites (tertiary alicyclic amines) is 1. The van der Waals surface area contributed by atoms with Gasteiger partial charge in [-0.25, -0.2) is 4.90 Å². The highest BCUT2D eigenvalue weighted by atomic mass is 32.2. The average Bonchev–Trinajstić information content (AvgIpc) is 2.84. The molecule has 0 unspecified atom stereocenters. The van der Waals surface area contributed by atoms with Gasteiger partial charge in [-0.1, -0.05) is 30.0 Å². The summed E-state index contributed by atoms with van der Waals surface area (Å²) in [5.41, 5.74) is 0.693. The molecule has 3 rings (SSSR count). The summed E-state index contributed by atoms with van der Waals surface area (Å²) in [7, 11) is 0. The second kappa shape index (κ2) is 7.81. The van der Waals surface area contributed by atoms with Crippen LogP contribution in [-0.2, 0) is 9.59 Å². The van der Waals surface area contributed by atoms with E-state index in [0.717, 1.165) is 37.7 Å². The lowest BCUT2D eigenvalue weighted by Crippen LogP contribution is -3.14. The first-order chi connectivity index (χ1) is 11.6. The number of rotatable bonds is 5. The first-order valence-corrected chi connectivity index (χ1v) is 9.22. The lowest BCUT2D eigenvalue weighted by molar-refractivity contribution is -0.912. The van der Waals surface area contributed by atoms with Gasteiger partial charge in [-0.3, -0.25) is 14.4 Å². The van der Waals surface area contributed by atoms with Crippen LogP contribution in [-0.4, -0.2) is 47.0 Å². The molecule has 2 fully saturated rings. The van der Waals surface area contributed by atoms with E-state index in [-0.39, 0.29) is 23.5 Å². The van der Waals surface area contributed by atoms with Crippen LogP contribution in [0.3, 0.4) is 0 Å². The molecule has 2 heterocycles. The van der Waals surface area contributed by atoms with Crippen LogP contribution in [0.2, 0.25) is 0 Å². The molecule has 2 N–H and O–H groups in total. The van der Waals surface area contributed by atoms with Crippen LogP contribution < -0.4 is 10.2 Å². The minimum Gasteiger partial charge on any atom is -0.326 e. The molecule has 3 amide bonds. The van der Waals surface area contributed by atoms with Crippen molar-refractivity contribution in [1.29, 1.82) is 0 Å². The van der Waals surface area contributed by atoms with E-state index in [1.165, 1.54) is 16.2 Å². The Morgan fingerprint density at radius 2 is 1.88 bits per heavy atom. The summed E-state index contributed by atoms with van der Waals surface area (Å²) in [6, 6.07) is 9.11. The second-order valence-corrected chi connectivity index (χ2v) is 7.38. The first kappa shape index (κ1) is 17.0. The van der Waals surface area contributed by atoms with Crippen LogP contribution in [0, 0.1) is 0 Å². The number of quaternary nitrogens is 1. The van der Waals surface area contributed by atoms with Gasteiger partial charge in [-0.2, -0.15) is 0 Å². The lowest BCUT2D eigenvalue weighted by Gasteiger charge is -2.26. The molecule has 0 saturated carbocycles. The largest absolute Gasteiger partial charge is 0.326 e. The predicted molar refractivity (Wildman–Crippen MR) is 92.7 cm³/mol. The number of hydrogen-bond donors (Lipinski definition) is 2. The highest BCUT2D eigenvalue weighted by Gasteiger charge is 2.42. The summed E-state index contributed by atoms with van der Waals surface area (Å²) in [6.07, 6.45) is 3.53. The van der Waals surface area contributed by atoms with Gasteiger partial charge >= 0.3 is 0 Å². The van der Waals surface area contributed by atoms with Gasteiger partial charge in [-0.15, -0.1) is 0 Å². The molecule has 0 aliphatic carbocycles. The quantitative estimate of drug-likeness (QED) is 0.836. The Labute approximate surface area is 145 Å². The normalized spacial score (nSPS) is 22.0. The minimum absolute atomic E-state index is 0.0238. The van der Waals surface area contributed by atoms with Crippen molar-refractivity contribution in [1.82, 2.24) is 4.90 Å². The van der Waals surface area contributed by atoms with Crippen LogP contribution in [0.15, 0.2) is 30.3 Å². The van der Waals surface area contributed by atoms with Crippen LogP contribution >= 0.6 is 11.8 Å².